The van der Waals surface area contributed by atoms with Crippen LogP contribution in [0.1, 0.15) is 10.4 Å². The van der Waals surface area contributed by atoms with E-state index in [1.54, 1.807) is 6.07 Å². The Hall–Kier alpha value is -2.28. The van der Waals surface area contributed by atoms with Gasteiger partial charge in [0.15, 0.2) is 0 Å². The highest BCUT2D eigenvalue weighted by Crippen LogP contribution is 2.24. The van der Waals surface area contributed by atoms with E-state index in [-0.39, 0.29) is 16.6 Å². The van der Waals surface area contributed by atoms with E-state index in [1.807, 2.05) is 0 Å². The molecule has 3 amide bonds. The number of carboxylic acids is 1. The number of hydrogen-bond acceptors (Lipinski definition) is 3. The number of rotatable bonds is 4. The van der Waals surface area contributed by atoms with Crippen molar-refractivity contribution in [2.75, 3.05) is 24.5 Å². The van der Waals surface area contributed by atoms with E-state index in [1.165, 1.54) is 17.0 Å². The number of amides is 3. The molecule has 1 aromatic carbocycles. The molecule has 0 bridgehead atoms. The van der Waals surface area contributed by atoms with Crippen LogP contribution in [0.25, 0.3) is 0 Å². The zero-order valence-corrected chi connectivity index (χ0v) is 11.1. The first-order valence-corrected chi connectivity index (χ1v) is 6.22. The molecule has 0 aromatic heterocycles. The lowest BCUT2D eigenvalue weighted by atomic mass is 10.1. The SMILES string of the molecule is O=C(O)CNC(=O)c1cc(N2CCNC2=O)ccc1Cl. The second-order valence-electron chi connectivity index (χ2n) is 4.12. The fraction of sp³-hybridized carbons (Fsp3) is 0.250. The normalized spacial score (nSPS) is 14.1. The Morgan fingerprint density at radius 1 is 1.45 bits per heavy atom. The van der Waals surface area contributed by atoms with Gasteiger partial charge in [-0.25, -0.2) is 4.79 Å². The van der Waals surface area contributed by atoms with Crippen molar-refractivity contribution < 1.29 is 19.5 Å². The minimum Gasteiger partial charge on any atom is -0.480 e. The molecule has 7 nitrogen and oxygen atoms in total. The maximum Gasteiger partial charge on any atom is 0.322 e. The molecule has 106 valence electrons. The molecule has 0 spiro atoms. The van der Waals surface area contributed by atoms with Gasteiger partial charge in [0.05, 0.1) is 10.6 Å². The Kier molecular flexibility index (Phi) is 4.09. The van der Waals surface area contributed by atoms with Crippen LogP contribution >= 0.6 is 11.6 Å². The van der Waals surface area contributed by atoms with Gasteiger partial charge in [-0.1, -0.05) is 11.6 Å². The van der Waals surface area contributed by atoms with Crippen molar-refractivity contribution in [1.29, 1.82) is 0 Å². The molecule has 0 unspecified atom stereocenters. The second-order valence-corrected chi connectivity index (χ2v) is 4.53. The van der Waals surface area contributed by atoms with Gasteiger partial charge in [-0.3, -0.25) is 14.5 Å². The first-order chi connectivity index (χ1) is 9.49. The molecule has 1 aliphatic rings. The number of anilines is 1. The zero-order valence-electron chi connectivity index (χ0n) is 10.4. The van der Waals surface area contributed by atoms with Crippen molar-refractivity contribution in [2.45, 2.75) is 0 Å². The Labute approximate surface area is 119 Å². The predicted octanol–water partition coefficient (Wildman–Crippen LogP) is 0.684. The van der Waals surface area contributed by atoms with Gasteiger partial charge in [-0.2, -0.15) is 0 Å². The topological polar surface area (TPSA) is 98.7 Å². The largest absolute Gasteiger partial charge is 0.480 e. The standard InChI is InChI=1S/C12H12ClN3O4/c13-9-2-1-7(16-4-3-14-12(16)20)5-8(9)11(19)15-6-10(17)18/h1-2,5H,3-4,6H2,(H,14,20)(H,15,19)(H,17,18). The van der Waals surface area contributed by atoms with Crippen LogP contribution in [0.5, 0.6) is 0 Å². The Bertz CT molecular complexity index is 576. The summed E-state index contributed by atoms with van der Waals surface area (Å²) in [5.41, 5.74) is 0.662. The summed E-state index contributed by atoms with van der Waals surface area (Å²) in [7, 11) is 0. The molecule has 0 atom stereocenters. The van der Waals surface area contributed by atoms with Crippen molar-refractivity contribution in [1.82, 2.24) is 10.6 Å². The van der Waals surface area contributed by atoms with E-state index in [2.05, 4.69) is 10.6 Å². The van der Waals surface area contributed by atoms with Crippen LogP contribution in [0.4, 0.5) is 10.5 Å². The summed E-state index contributed by atoms with van der Waals surface area (Å²) in [5, 5.41) is 13.6. The van der Waals surface area contributed by atoms with E-state index in [0.29, 0.717) is 18.8 Å². The molecule has 1 aromatic rings. The van der Waals surface area contributed by atoms with Gasteiger partial charge in [0.1, 0.15) is 6.54 Å². The van der Waals surface area contributed by atoms with Crippen molar-refractivity contribution in [2.24, 2.45) is 0 Å². The quantitative estimate of drug-likeness (QED) is 0.761. The van der Waals surface area contributed by atoms with Crippen LogP contribution in [0.15, 0.2) is 18.2 Å². The van der Waals surface area contributed by atoms with Gasteiger partial charge in [0.2, 0.25) is 0 Å². The molecule has 1 heterocycles. The van der Waals surface area contributed by atoms with Gasteiger partial charge >= 0.3 is 12.0 Å². The number of nitrogens with zero attached hydrogens (tertiary/aromatic N) is 1. The second kappa shape index (κ2) is 5.79. The summed E-state index contributed by atoms with van der Waals surface area (Å²) in [6.07, 6.45) is 0. The maximum atomic E-state index is 11.8. The minimum absolute atomic E-state index is 0.130. The highest BCUT2D eigenvalue weighted by Gasteiger charge is 2.22. The maximum absolute atomic E-state index is 11.8. The minimum atomic E-state index is -1.15. The number of benzene rings is 1. The van der Waals surface area contributed by atoms with Crippen LogP contribution in [0.3, 0.4) is 0 Å². The van der Waals surface area contributed by atoms with E-state index < -0.39 is 18.4 Å². The number of nitrogens with one attached hydrogen (secondary N) is 2. The molecule has 8 heteroatoms. The fourth-order valence-electron chi connectivity index (χ4n) is 1.82. The molecule has 0 aliphatic carbocycles. The summed E-state index contributed by atoms with van der Waals surface area (Å²) < 4.78 is 0. The van der Waals surface area contributed by atoms with E-state index >= 15 is 0 Å². The highest BCUT2D eigenvalue weighted by atomic mass is 35.5. The molecule has 0 saturated carbocycles. The predicted molar refractivity (Wildman–Crippen MR) is 72.2 cm³/mol. The number of urea groups is 1. The molecule has 20 heavy (non-hydrogen) atoms. The third kappa shape index (κ3) is 3.00. The average Bonchev–Trinajstić information content (AvgIpc) is 2.83. The van der Waals surface area contributed by atoms with E-state index in [0.717, 1.165) is 0 Å². The van der Waals surface area contributed by atoms with Crippen LogP contribution in [-0.2, 0) is 4.79 Å². The summed E-state index contributed by atoms with van der Waals surface area (Å²) in [6.45, 7) is 0.530. The highest BCUT2D eigenvalue weighted by molar-refractivity contribution is 6.34. The third-order valence-corrected chi connectivity index (χ3v) is 3.09. The van der Waals surface area contributed by atoms with Crippen molar-refractivity contribution in [3.05, 3.63) is 28.8 Å². The number of aliphatic carboxylic acids is 1. The van der Waals surface area contributed by atoms with Gasteiger partial charge in [0, 0.05) is 18.8 Å². The molecule has 1 saturated heterocycles. The van der Waals surface area contributed by atoms with Crippen LogP contribution < -0.4 is 15.5 Å². The summed E-state index contributed by atoms with van der Waals surface area (Å²) in [4.78, 5) is 35.3. The molecule has 3 N–H and O–H groups in total. The summed E-state index contributed by atoms with van der Waals surface area (Å²) in [6, 6.07) is 4.34. The lowest BCUT2D eigenvalue weighted by Gasteiger charge is -2.15. The monoisotopic (exact) mass is 297 g/mol. The molecular weight excluding hydrogens is 286 g/mol. The number of halogens is 1. The smallest absolute Gasteiger partial charge is 0.322 e. The Morgan fingerprint density at radius 3 is 2.80 bits per heavy atom. The number of carboxylic acid groups (broad SMARTS) is 1. The summed E-state index contributed by atoms with van der Waals surface area (Å²) >= 11 is 5.92. The van der Waals surface area contributed by atoms with Crippen molar-refractivity contribution >= 4 is 35.2 Å². The van der Waals surface area contributed by atoms with E-state index in [4.69, 9.17) is 16.7 Å². The third-order valence-electron chi connectivity index (χ3n) is 2.76. The number of carbonyl (C=O) groups is 3. The molecule has 1 fully saturated rings. The van der Waals surface area contributed by atoms with E-state index in [9.17, 15) is 14.4 Å². The molecule has 2 rings (SSSR count). The van der Waals surface area contributed by atoms with Crippen LogP contribution in [-0.4, -0.2) is 42.6 Å². The van der Waals surface area contributed by atoms with Gasteiger partial charge in [-0.05, 0) is 18.2 Å². The van der Waals surface area contributed by atoms with Crippen LogP contribution in [0, 0.1) is 0 Å². The summed E-state index contributed by atoms with van der Waals surface area (Å²) in [5.74, 6) is -1.75. The lowest BCUT2D eigenvalue weighted by Crippen LogP contribution is -2.30. The molecule has 0 radical (unpaired) electrons. The van der Waals surface area contributed by atoms with Gasteiger partial charge < -0.3 is 15.7 Å². The Balaban J connectivity index is 2.22. The first-order valence-electron chi connectivity index (χ1n) is 5.84. The molecule has 1 aliphatic heterocycles. The van der Waals surface area contributed by atoms with Gasteiger partial charge in [-0.15, -0.1) is 0 Å². The molecular formula is C12H12ClN3O4. The average molecular weight is 298 g/mol. The first kappa shape index (κ1) is 14.1. The van der Waals surface area contributed by atoms with Gasteiger partial charge in [0.25, 0.3) is 5.91 Å². The van der Waals surface area contributed by atoms with Crippen molar-refractivity contribution in [3.63, 3.8) is 0 Å². The van der Waals surface area contributed by atoms with Crippen LogP contribution in [0.2, 0.25) is 5.02 Å². The Morgan fingerprint density at radius 2 is 2.20 bits per heavy atom. The lowest BCUT2D eigenvalue weighted by molar-refractivity contribution is -0.135. The van der Waals surface area contributed by atoms with Crippen molar-refractivity contribution in [3.8, 4) is 0 Å². The number of hydrogen-bond donors (Lipinski definition) is 3. The number of carbonyl (C=O) groups excluding carboxylic acids is 2. The fourth-order valence-corrected chi connectivity index (χ4v) is 2.03. The zero-order chi connectivity index (χ0) is 14.7.